The highest BCUT2D eigenvalue weighted by molar-refractivity contribution is 7.45. The van der Waals surface area contributed by atoms with Crippen LogP contribution in [0.5, 0.6) is 0 Å². The molecule has 2 fully saturated rings. The lowest BCUT2D eigenvalue weighted by atomic mass is 10.5. The Balaban J connectivity index is 0. The zero-order chi connectivity index (χ0) is 17.5. The van der Waals surface area contributed by atoms with E-state index in [2.05, 4.69) is 29.6 Å². The maximum Gasteiger partial charge on any atom is 0.466 e. The van der Waals surface area contributed by atoms with Gasteiger partial charge in [0.1, 0.15) is 0 Å². The van der Waals surface area contributed by atoms with Crippen LogP contribution >= 0.6 is 15.6 Å². The summed E-state index contributed by atoms with van der Waals surface area (Å²) in [4.78, 5) is 60.5. The summed E-state index contributed by atoms with van der Waals surface area (Å²) in [6.07, 6.45) is 1.86. The molecule has 2 heterocycles. The largest absolute Gasteiger partial charge is 0.466 e. The van der Waals surface area contributed by atoms with Crippen molar-refractivity contribution >= 4 is 15.6 Å². The second-order valence-corrected chi connectivity index (χ2v) is 5.21. The highest BCUT2D eigenvalue weighted by Crippen LogP contribution is 2.26. The molecular weight excluding hydrogens is 358 g/mol. The van der Waals surface area contributed by atoms with Crippen molar-refractivity contribution in [1.29, 1.82) is 0 Å². The van der Waals surface area contributed by atoms with Crippen LogP contribution in [0.4, 0.5) is 0 Å². The first-order chi connectivity index (χ1) is 10.0. The molecule has 0 saturated carbocycles. The van der Waals surface area contributed by atoms with Crippen LogP contribution in [0.2, 0.25) is 0 Å². The van der Waals surface area contributed by atoms with Gasteiger partial charge in [0.15, 0.2) is 0 Å². The van der Waals surface area contributed by atoms with E-state index >= 15 is 0 Å². The predicted molar refractivity (Wildman–Crippen MR) is 63.7 cm³/mol. The van der Waals surface area contributed by atoms with Crippen LogP contribution in [0.1, 0.15) is 12.8 Å². The lowest BCUT2D eigenvalue weighted by molar-refractivity contribution is -0.532. The molecular formula is C6H18O14P2. The summed E-state index contributed by atoms with van der Waals surface area (Å²) in [5.41, 5.74) is 0. The predicted octanol–water partition coefficient (Wildman–Crippen LogP) is -1.32. The third-order valence-electron chi connectivity index (χ3n) is 1.10. The van der Waals surface area contributed by atoms with Crippen LogP contribution in [0, 0.1) is 0 Å². The second-order valence-electron chi connectivity index (χ2n) is 3.16. The van der Waals surface area contributed by atoms with Crippen LogP contribution in [-0.2, 0) is 38.8 Å². The molecule has 0 aliphatic carbocycles. The van der Waals surface area contributed by atoms with Crippen molar-refractivity contribution in [3.8, 4) is 0 Å². The Kier molecular flexibility index (Phi) is 16.0. The Labute approximate surface area is 124 Å². The Morgan fingerprint density at radius 1 is 0.545 bits per heavy atom. The van der Waals surface area contributed by atoms with E-state index < -0.39 is 15.6 Å². The maximum absolute atomic E-state index is 8.88. The lowest BCUT2D eigenvalue weighted by Gasteiger charge is -2.06. The molecule has 22 heavy (non-hydrogen) atoms. The fourth-order valence-electron chi connectivity index (χ4n) is 0.558. The molecule has 0 radical (unpaired) electrons. The van der Waals surface area contributed by atoms with Gasteiger partial charge >= 0.3 is 15.6 Å². The van der Waals surface area contributed by atoms with Crippen LogP contribution in [0.25, 0.3) is 0 Å². The Hall–Kier alpha value is -0.0200. The van der Waals surface area contributed by atoms with E-state index in [9.17, 15) is 0 Å². The van der Waals surface area contributed by atoms with E-state index in [1.807, 2.05) is 0 Å². The van der Waals surface area contributed by atoms with E-state index in [1.165, 1.54) is 0 Å². The second kappa shape index (κ2) is 14.6. The summed E-state index contributed by atoms with van der Waals surface area (Å²) in [6, 6.07) is 0. The van der Waals surface area contributed by atoms with Crippen molar-refractivity contribution in [2.24, 2.45) is 0 Å². The van der Waals surface area contributed by atoms with Crippen molar-refractivity contribution in [3.63, 3.8) is 0 Å². The Morgan fingerprint density at radius 3 is 0.773 bits per heavy atom. The molecule has 2 aliphatic heterocycles. The van der Waals surface area contributed by atoms with Gasteiger partial charge in [-0.25, -0.2) is 28.7 Å². The van der Waals surface area contributed by atoms with Crippen molar-refractivity contribution in [3.05, 3.63) is 0 Å². The van der Waals surface area contributed by atoms with E-state index in [-0.39, 0.29) is 0 Å². The summed E-state index contributed by atoms with van der Waals surface area (Å²) in [5.74, 6) is 0. The Morgan fingerprint density at radius 2 is 0.727 bits per heavy atom. The normalized spacial score (nSPS) is 18.5. The Bertz CT molecular complexity index is 244. The monoisotopic (exact) mass is 376 g/mol. The number of hydrogen-bond donors (Lipinski definition) is 6. The van der Waals surface area contributed by atoms with Gasteiger partial charge in [-0.15, -0.1) is 0 Å². The molecule has 0 spiro atoms. The average molecular weight is 376 g/mol. The first-order valence-corrected chi connectivity index (χ1v) is 8.52. The molecule has 0 bridgehead atoms. The average Bonchev–Trinajstić information content (AvgIpc) is 2.40. The number of phosphoric acid groups is 2. The van der Waals surface area contributed by atoms with E-state index in [4.69, 9.17) is 38.5 Å². The first kappa shape index (κ1) is 24.2. The summed E-state index contributed by atoms with van der Waals surface area (Å²) in [5, 5.41) is 8.14. The van der Waals surface area contributed by atoms with Crippen LogP contribution in [0.3, 0.4) is 0 Å². The quantitative estimate of drug-likeness (QED) is 0.214. The van der Waals surface area contributed by atoms with E-state index in [0.717, 1.165) is 12.8 Å². The summed E-state index contributed by atoms with van der Waals surface area (Å²) < 4.78 is 17.8. The molecule has 136 valence electrons. The van der Waals surface area contributed by atoms with Crippen molar-refractivity contribution in [2.45, 2.75) is 12.8 Å². The van der Waals surface area contributed by atoms with Crippen LogP contribution < -0.4 is 0 Å². The van der Waals surface area contributed by atoms with Gasteiger partial charge in [0.05, 0.1) is 26.4 Å². The zero-order valence-electron chi connectivity index (χ0n) is 11.1. The number of hydrogen-bond acceptors (Lipinski definition) is 8. The molecule has 0 aromatic heterocycles. The molecule has 0 unspecified atom stereocenters. The lowest BCUT2D eigenvalue weighted by Crippen LogP contribution is -2.08. The molecule has 2 saturated heterocycles. The van der Waals surface area contributed by atoms with Gasteiger partial charge < -0.3 is 29.4 Å². The summed E-state index contributed by atoms with van der Waals surface area (Å²) in [6.45, 7) is 2.61. The highest BCUT2D eigenvalue weighted by atomic mass is 31.2. The van der Waals surface area contributed by atoms with Gasteiger partial charge in [0, 0.05) is 12.8 Å². The minimum Gasteiger partial charge on any atom is -0.303 e. The SMILES string of the molecule is C1COOOC1.C1COOOC1.O=P(O)(O)O.O=P(O)(O)O. The van der Waals surface area contributed by atoms with Gasteiger partial charge in [-0.1, -0.05) is 10.1 Å². The molecule has 0 aromatic rings. The smallest absolute Gasteiger partial charge is 0.303 e. The van der Waals surface area contributed by atoms with Crippen LogP contribution in [-0.4, -0.2) is 55.8 Å². The summed E-state index contributed by atoms with van der Waals surface area (Å²) in [7, 11) is -9.28. The highest BCUT2D eigenvalue weighted by Gasteiger charge is 2.00. The molecule has 2 rings (SSSR count). The molecule has 14 nitrogen and oxygen atoms in total. The van der Waals surface area contributed by atoms with E-state index in [1.54, 1.807) is 0 Å². The third-order valence-corrected chi connectivity index (χ3v) is 1.10. The fourth-order valence-corrected chi connectivity index (χ4v) is 0.558. The van der Waals surface area contributed by atoms with Crippen LogP contribution in [0.15, 0.2) is 0 Å². The topological polar surface area (TPSA) is 211 Å². The minimum atomic E-state index is -4.64. The fraction of sp³-hybridized carbons (Fsp3) is 1.00. The van der Waals surface area contributed by atoms with Crippen molar-refractivity contribution in [2.75, 3.05) is 26.4 Å². The minimum absolute atomic E-state index is 0.653. The van der Waals surface area contributed by atoms with Crippen molar-refractivity contribution < 1.29 is 68.1 Å². The van der Waals surface area contributed by atoms with Gasteiger partial charge in [-0.05, 0) is 0 Å². The number of rotatable bonds is 0. The van der Waals surface area contributed by atoms with Gasteiger partial charge in [0.2, 0.25) is 0 Å². The molecule has 16 heteroatoms. The molecule has 0 aromatic carbocycles. The first-order valence-electron chi connectivity index (χ1n) is 5.39. The third kappa shape index (κ3) is 50.2. The van der Waals surface area contributed by atoms with Crippen molar-refractivity contribution in [1.82, 2.24) is 0 Å². The summed E-state index contributed by atoms with van der Waals surface area (Å²) >= 11 is 0. The standard InChI is InChI=1S/2C3H6O3.2H3O4P/c2*1-2-4-6-5-3-1;2*1-5(2,3)4/h2*1-3H2;2*(H3,1,2,3,4). The van der Waals surface area contributed by atoms with E-state index in [0.29, 0.717) is 26.4 Å². The maximum atomic E-state index is 8.88. The van der Waals surface area contributed by atoms with Gasteiger partial charge in [-0.3, -0.25) is 0 Å². The van der Waals surface area contributed by atoms with Gasteiger partial charge in [-0.2, -0.15) is 0 Å². The molecule has 0 atom stereocenters. The van der Waals surface area contributed by atoms with Gasteiger partial charge in [0.25, 0.3) is 0 Å². The molecule has 6 N–H and O–H groups in total. The zero-order valence-corrected chi connectivity index (χ0v) is 12.9. The molecule has 0 amide bonds. The molecule has 2 aliphatic rings.